The van der Waals surface area contributed by atoms with Gasteiger partial charge in [0.2, 0.25) is 17.7 Å². The second-order valence-electron chi connectivity index (χ2n) is 13.3. The van der Waals surface area contributed by atoms with E-state index in [1.807, 2.05) is 0 Å². The van der Waals surface area contributed by atoms with Crippen molar-refractivity contribution in [1.29, 1.82) is 0 Å². The first-order valence-electron chi connectivity index (χ1n) is 17.7. The molecule has 1 aliphatic heterocycles. The Morgan fingerprint density at radius 3 is 1.85 bits per heavy atom. The van der Waals surface area contributed by atoms with Crippen molar-refractivity contribution in [2.45, 2.75) is 66.5 Å². The van der Waals surface area contributed by atoms with Gasteiger partial charge in [0.1, 0.15) is 6.61 Å². The first kappa shape index (κ1) is 44.7. The van der Waals surface area contributed by atoms with E-state index in [0.717, 1.165) is 10.5 Å². The summed E-state index contributed by atoms with van der Waals surface area (Å²) >= 11 is 0. The molecule has 1 heterocycles. The highest BCUT2D eigenvalue weighted by Gasteiger charge is 2.25. The monoisotopic (exact) mass is 746 g/mol. The number of benzene rings is 1. The van der Waals surface area contributed by atoms with Crippen LogP contribution >= 0.6 is 0 Å². The van der Waals surface area contributed by atoms with Crippen molar-refractivity contribution in [3.8, 4) is 0 Å². The fourth-order valence-electron chi connectivity index (χ4n) is 4.42. The Balaban J connectivity index is 1.42. The molecule has 5 amide bonds. The van der Waals surface area contributed by atoms with Crippen molar-refractivity contribution < 1.29 is 57.2 Å². The van der Waals surface area contributed by atoms with Crippen LogP contribution in [0.5, 0.6) is 0 Å². The molecule has 2 atom stereocenters. The van der Waals surface area contributed by atoms with Gasteiger partial charge in [-0.25, -0.2) is 0 Å². The molecule has 0 saturated carbocycles. The molecular formula is C37H54N4O12. The van der Waals surface area contributed by atoms with Crippen molar-refractivity contribution in [3.05, 3.63) is 42.0 Å². The zero-order chi connectivity index (χ0) is 39.2. The minimum absolute atomic E-state index is 0.0230. The third-order valence-corrected chi connectivity index (χ3v) is 7.64. The molecule has 53 heavy (non-hydrogen) atoms. The second kappa shape index (κ2) is 23.9. The molecule has 0 fully saturated rings. The van der Waals surface area contributed by atoms with Crippen LogP contribution in [-0.4, -0.2) is 118 Å². The molecule has 0 aliphatic carbocycles. The number of Topliss-reactive ketones (excluding diaryl/α,β-unsaturated/α-hetero) is 1. The summed E-state index contributed by atoms with van der Waals surface area (Å²) in [5.41, 5.74) is 0.728. The van der Waals surface area contributed by atoms with Crippen LogP contribution in [-0.2, 0) is 63.9 Å². The zero-order valence-electron chi connectivity index (χ0n) is 31.4. The molecule has 0 bridgehead atoms. The van der Waals surface area contributed by atoms with Gasteiger partial charge in [-0.3, -0.25) is 38.5 Å². The van der Waals surface area contributed by atoms with Crippen LogP contribution in [0.25, 0.3) is 0 Å². The number of hydrogen-bond donors (Lipinski definition) is 3. The SMILES string of the molecule is C[C@H](CC(=O)[C@H](C)NC(=O)CCOCCOCCOCCOCCNC(=O)CCN1C(=O)C=CC1=O)C(=O)Nc1ccc(COC(=O)C(C)(C)C)cc1. The number of hydrogen-bond acceptors (Lipinski definition) is 12. The minimum Gasteiger partial charge on any atom is -0.460 e. The van der Waals surface area contributed by atoms with Crippen molar-refractivity contribution in [3.63, 3.8) is 0 Å². The zero-order valence-corrected chi connectivity index (χ0v) is 31.4. The normalized spacial score (nSPS) is 13.8. The molecule has 0 unspecified atom stereocenters. The number of esters is 1. The average Bonchev–Trinajstić information content (AvgIpc) is 3.43. The second-order valence-corrected chi connectivity index (χ2v) is 13.3. The molecule has 1 aromatic rings. The Labute approximate surface area is 310 Å². The maximum Gasteiger partial charge on any atom is 0.311 e. The highest BCUT2D eigenvalue weighted by Crippen LogP contribution is 2.18. The predicted molar refractivity (Wildman–Crippen MR) is 192 cm³/mol. The fourth-order valence-corrected chi connectivity index (χ4v) is 4.42. The van der Waals surface area contributed by atoms with Gasteiger partial charge in [-0.2, -0.15) is 0 Å². The molecule has 294 valence electrons. The largest absolute Gasteiger partial charge is 0.460 e. The molecule has 2 rings (SSSR count). The summed E-state index contributed by atoms with van der Waals surface area (Å²) in [4.78, 5) is 85.3. The smallest absolute Gasteiger partial charge is 0.311 e. The lowest BCUT2D eigenvalue weighted by Crippen LogP contribution is -2.40. The number of nitrogens with zero attached hydrogens (tertiary/aromatic N) is 1. The van der Waals surface area contributed by atoms with E-state index >= 15 is 0 Å². The molecule has 16 nitrogen and oxygen atoms in total. The van der Waals surface area contributed by atoms with Gasteiger partial charge in [0.15, 0.2) is 5.78 Å². The van der Waals surface area contributed by atoms with Crippen molar-refractivity contribution in [1.82, 2.24) is 15.5 Å². The van der Waals surface area contributed by atoms with Crippen LogP contribution in [0.1, 0.15) is 59.4 Å². The number of ketones is 1. The fraction of sp³-hybridized carbons (Fsp3) is 0.595. The van der Waals surface area contributed by atoms with Gasteiger partial charge in [0.05, 0.1) is 64.3 Å². The Kier molecular flexibility index (Phi) is 20.2. The summed E-state index contributed by atoms with van der Waals surface area (Å²) in [7, 11) is 0. The van der Waals surface area contributed by atoms with E-state index in [9.17, 15) is 33.6 Å². The molecule has 0 radical (unpaired) electrons. The summed E-state index contributed by atoms with van der Waals surface area (Å²) in [5.74, 6) is -3.00. The van der Waals surface area contributed by atoms with Gasteiger partial charge < -0.3 is 39.6 Å². The third kappa shape index (κ3) is 18.7. The summed E-state index contributed by atoms with van der Waals surface area (Å²) in [6.07, 6.45) is 2.39. The lowest BCUT2D eigenvalue weighted by Gasteiger charge is -2.17. The van der Waals surface area contributed by atoms with Crippen molar-refractivity contribution in [2.24, 2.45) is 11.3 Å². The number of anilines is 1. The quantitative estimate of drug-likeness (QED) is 0.0704. The van der Waals surface area contributed by atoms with E-state index in [1.165, 1.54) is 12.2 Å². The molecule has 1 aliphatic rings. The number of imide groups is 1. The Morgan fingerprint density at radius 1 is 0.736 bits per heavy atom. The van der Waals surface area contributed by atoms with Gasteiger partial charge in [0, 0.05) is 56.1 Å². The van der Waals surface area contributed by atoms with Gasteiger partial charge in [-0.1, -0.05) is 19.1 Å². The summed E-state index contributed by atoms with van der Waals surface area (Å²) in [6.45, 7) is 11.4. The lowest BCUT2D eigenvalue weighted by atomic mass is 9.97. The van der Waals surface area contributed by atoms with E-state index < -0.39 is 29.2 Å². The molecule has 0 spiro atoms. The summed E-state index contributed by atoms with van der Waals surface area (Å²) in [6, 6.07) is 6.12. The van der Waals surface area contributed by atoms with Crippen LogP contribution in [0.3, 0.4) is 0 Å². The van der Waals surface area contributed by atoms with Crippen LogP contribution in [0.4, 0.5) is 5.69 Å². The Bertz CT molecular complexity index is 1390. The average molecular weight is 747 g/mol. The van der Waals surface area contributed by atoms with Crippen LogP contribution in [0.15, 0.2) is 36.4 Å². The maximum absolute atomic E-state index is 12.7. The number of amides is 5. The number of carbonyl (C=O) groups is 7. The number of carbonyl (C=O) groups excluding carboxylic acids is 7. The van der Waals surface area contributed by atoms with E-state index in [2.05, 4.69) is 16.0 Å². The summed E-state index contributed by atoms with van der Waals surface area (Å²) in [5, 5.41) is 8.07. The van der Waals surface area contributed by atoms with Gasteiger partial charge in [-0.05, 0) is 45.4 Å². The minimum atomic E-state index is -0.766. The van der Waals surface area contributed by atoms with Gasteiger partial charge in [-0.15, -0.1) is 0 Å². The van der Waals surface area contributed by atoms with Crippen LogP contribution in [0.2, 0.25) is 0 Å². The molecular weight excluding hydrogens is 692 g/mol. The standard InChI is InChI=1S/C37H54N4O12/c1-26(35(47)40-29-8-6-28(7-9-29)25-53-36(48)37(3,4)5)24-30(42)27(2)39-32(44)13-16-49-18-20-51-22-23-52-21-19-50-17-14-38-31(43)12-15-41-33(45)10-11-34(41)46/h6-11,26-27H,12-25H2,1-5H3,(H,38,43)(H,39,44)(H,40,47)/t26-,27+/m1/s1. The van der Waals surface area contributed by atoms with E-state index in [1.54, 1.807) is 58.9 Å². The van der Waals surface area contributed by atoms with Gasteiger partial charge in [0.25, 0.3) is 11.8 Å². The maximum atomic E-state index is 12.7. The highest BCUT2D eigenvalue weighted by molar-refractivity contribution is 6.13. The molecule has 0 aromatic heterocycles. The van der Waals surface area contributed by atoms with Crippen molar-refractivity contribution in [2.75, 3.05) is 71.3 Å². The summed E-state index contributed by atoms with van der Waals surface area (Å²) < 4.78 is 26.9. The number of nitrogens with one attached hydrogen (secondary N) is 3. The topological polar surface area (TPSA) is 205 Å². The van der Waals surface area contributed by atoms with Crippen LogP contribution in [0, 0.1) is 11.3 Å². The first-order chi connectivity index (χ1) is 25.2. The lowest BCUT2D eigenvalue weighted by molar-refractivity contribution is -0.154. The van der Waals surface area contributed by atoms with E-state index in [0.29, 0.717) is 45.3 Å². The number of rotatable bonds is 26. The molecule has 16 heteroatoms. The Morgan fingerprint density at radius 2 is 1.28 bits per heavy atom. The van der Waals surface area contributed by atoms with Gasteiger partial charge >= 0.3 is 5.97 Å². The molecule has 0 saturated heterocycles. The molecule has 3 N–H and O–H groups in total. The first-order valence-corrected chi connectivity index (χ1v) is 17.7. The van der Waals surface area contributed by atoms with E-state index in [4.69, 9.17) is 23.7 Å². The predicted octanol–water partition coefficient (Wildman–Crippen LogP) is 1.70. The van der Waals surface area contributed by atoms with Crippen molar-refractivity contribution >= 4 is 47.0 Å². The molecule has 1 aromatic carbocycles. The van der Waals surface area contributed by atoms with Crippen LogP contribution < -0.4 is 16.0 Å². The Hall–Kier alpha value is -4.51. The highest BCUT2D eigenvalue weighted by atomic mass is 16.6. The third-order valence-electron chi connectivity index (χ3n) is 7.64. The number of ether oxygens (including phenoxy) is 5. The van der Waals surface area contributed by atoms with E-state index in [-0.39, 0.29) is 81.7 Å².